The van der Waals surface area contributed by atoms with Gasteiger partial charge in [-0.05, 0) is 60.5 Å². The van der Waals surface area contributed by atoms with Crippen LogP contribution < -0.4 is 10.1 Å². The van der Waals surface area contributed by atoms with E-state index >= 15 is 0 Å². The summed E-state index contributed by atoms with van der Waals surface area (Å²) in [5.41, 5.74) is 3.28. The molecule has 2 heterocycles. The van der Waals surface area contributed by atoms with Crippen molar-refractivity contribution in [3.8, 4) is 5.75 Å². The van der Waals surface area contributed by atoms with Crippen LogP contribution in [0, 0.1) is 0 Å². The summed E-state index contributed by atoms with van der Waals surface area (Å²) in [7, 11) is 0. The number of ether oxygens (including phenoxy) is 1. The zero-order valence-corrected chi connectivity index (χ0v) is 19.6. The number of benzene rings is 2. The second-order valence-electron chi connectivity index (χ2n) is 8.01. The fourth-order valence-electron chi connectivity index (χ4n) is 3.78. The molecule has 0 aliphatic heterocycles. The number of carbonyl (C=O) groups excluding carboxylic acids is 1. The lowest BCUT2D eigenvalue weighted by Gasteiger charge is -2.16. The molecule has 2 aromatic heterocycles. The number of rotatable bonds is 9. The van der Waals surface area contributed by atoms with Gasteiger partial charge in [-0.1, -0.05) is 44.2 Å². The lowest BCUT2D eigenvalue weighted by molar-refractivity contribution is 0.0941. The van der Waals surface area contributed by atoms with Gasteiger partial charge < -0.3 is 14.6 Å². The van der Waals surface area contributed by atoms with Gasteiger partial charge in [-0.15, -0.1) is 11.3 Å². The normalized spacial score (nSPS) is 13.1. The number of hydrogen-bond acceptors (Lipinski definition) is 4. The zero-order chi connectivity index (χ0) is 22.5. The molecule has 2 atom stereocenters. The van der Waals surface area contributed by atoms with E-state index in [1.165, 1.54) is 16.9 Å². The van der Waals surface area contributed by atoms with E-state index in [4.69, 9.17) is 9.72 Å². The van der Waals surface area contributed by atoms with Crippen molar-refractivity contribution in [2.24, 2.45) is 0 Å². The number of nitrogens with zero attached hydrogens (tertiary/aromatic N) is 2. The third-order valence-corrected chi connectivity index (χ3v) is 6.68. The van der Waals surface area contributed by atoms with Gasteiger partial charge in [0.25, 0.3) is 5.91 Å². The molecule has 32 heavy (non-hydrogen) atoms. The molecule has 6 heteroatoms. The Balaban J connectivity index is 1.48. The number of fused-ring (bicyclic) bond motifs is 1. The van der Waals surface area contributed by atoms with Crippen LogP contribution in [-0.2, 0) is 6.54 Å². The molecule has 2 unspecified atom stereocenters. The van der Waals surface area contributed by atoms with E-state index < -0.39 is 0 Å². The van der Waals surface area contributed by atoms with Crippen LogP contribution in [0.5, 0.6) is 5.75 Å². The van der Waals surface area contributed by atoms with Gasteiger partial charge in [-0.3, -0.25) is 4.79 Å². The lowest BCUT2D eigenvalue weighted by Crippen LogP contribution is -2.28. The van der Waals surface area contributed by atoms with Gasteiger partial charge in [-0.2, -0.15) is 0 Å². The number of aromatic nitrogens is 2. The maximum atomic E-state index is 12.5. The summed E-state index contributed by atoms with van der Waals surface area (Å²) in [5, 5.41) is 4.98. The molecule has 0 saturated carbocycles. The van der Waals surface area contributed by atoms with Gasteiger partial charge >= 0.3 is 0 Å². The molecule has 0 aliphatic rings. The van der Waals surface area contributed by atoms with E-state index in [1.807, 2.05) is 54.8 Å². The second kappa shape index (κ2) is 10.0. The Kier molecular flexibility index (Phi) is 6.90. The minimum absolute atomic E-state index is 0.0799. The van der Waals surface area contributed by atoms with Gasteiger partial charge in [0.15, 0.2) is 0 Å². The molecule has 1 amide bonds. The quantitative estimate of drug-likeness (QED) is 0.333. The summed E-state index contributed by atoms with van der Waals surface area (Å²) in [6, 6.07) is 19.9. The first kappa shape index (κ1) is 22.1. The highest BCUT2D eigenvalue weighted by atomic mass is 32.1. The second-order valence-corrected chi connectivity index (χ2v) is 8.96. The van der Waals surface area contributed by atoms with Crippen LogP contribution in [0.1, 0.15) is 60.2 Å². The first-order valence-electron chi connectivity index (χ1n) is 11.1. The highest BCUT2D eigenvalue weighted by Gasteiger charge is 2.19. The molecule has 4 rings (SSSR count). The van der Waals surface area contributed by atoms with Crippen LogP contribution >= 0.6 is 11.3 Å². The van der Waals surface area contributed by atoms with Gasteiger partial charge in [0, 0.05) is 0 Å². The van der Waals surface area contributed by atoms with Crippen LogP contribution in [0.4, 0.5) is 0 Å². The molecule has 4 aromatic rings. The number of nitrogens with one attached hydrogen (secondary N) is 1. The SMILES string of the molecule is CCC(C)c1ccc(OCCn2c(C(C)NC(=O)c3cccs3)nc3ccccc32)cc1. The molecule has 0 radical (unpaired) electrons. The van der Waals surface area contributed by atoms with Crippen molar-refractivity contribution in [2.45, 2.75) is 45.7 Å². The Morgan fingerprint density at radius 3 is 2.59 bits per heavy atom. The summed E-state index contributed by atoms with van der Waals surface area (Å²) in [4.78, 5) is 18.1. The summed E-state index contributed by atoms with van der Waals surface area (Å²) in [6.07, 6.45) is 1.12. The van der Waals surface area contributed by atoms with E-state index in [2.05, 4.69) is 41.9 Å². The number of amides is 1. The Labute approximate surface area is 193 Å². The van der Waals surface area contributed by atoms with Crippen LogP contribution in [0.3, 0.4) is 0 Å². The molecule has 0 saturated heterocycles. The van der Waals surface area contributed by atoms with Crippen molar-refractivity contribution < 1.29 is 9.53 Å². The van der Waals surface area contributed by atoms with Crippen molar-refractivity contribution in [3.63, 3.8) is 0 Å². The zero-order valence-electron chi connectivity index (χ0n) is 18.7. The molecular formula is C26H29N3O2S. The predicted molar refractivity (Wildman–Crippen MR) is 131 cm³/mol. The fourth-order valence-corrected chi connectivity index (χ4v) is 4.41. The van der Waals surface area contributed by atoms with E-state index in [-0.39, 0.29) is 11.9 Å². The molecule has 0 fully saturated rings. The third kappa shape index (κ3) is 4.86. The molecule has 5 nitrogen and oxygen atoms in total. The number of carbonyl (C=O) groups is 1. The molecule has 0 spiro atoms. The Hall–Kier alpha value is -3.12. The Bertz CT molecular complexity index is 1170. The monoisotopic (exact) mass is 447 g/mol. The minimum Gasteiger partial charge on any atom is -0.492 e. The van der Waals surface area contributed by atoms with Gasteiger partial charge in [0.2, 0.25) is 0 Å². The molecule has 0 bridgehead atoms. The smallest absolute Gasteiger partial charge is 0.261 e. The van der Waals surface area contributed by atoms with Crippen molar-refractivity contribution in [1.29, 1.82) is 0 Å². The van der Waals surface area contributed by atoms with Crippen LogP contribution in [0.15, 0.2) is 66.0 Å². The third-order valence-electron chi connectivity index (χ3n) is 5.81. The maximum Gasteiger partial charge on any atom is 0.261 e. The highest BCUT2D eigenvalue weighted by molar-refractivity contribution is 7.12. The predicted octanol–water partition coefficient (Wildman–Crippen LogP) is 6.18. The minimum atomic E-state index is -0.230. The molecular weight excluding hydrogens is 418 g/mol. The van der Waals surface area contributed by atoms with E-state index in [1.54, 1.807) is 0 Å². The standard InChI is InChI=1S/C26H29N3O2S/c1-4-18(2)20-11-13-21(14-12-20)31-16-15-29-23-9-6-5-8-22(23)28-25(29)19(3)27-26(30)24-10-7-17-32-24/h5-14,17-19H,4,15-16H2,1-3H3,(H,27,30). The Morgan fingerprint density at radius 1 is 1.09 bits per heavy atom. The number of imidazole rings is 1. The van der Waals surface area contributed by atoms with Crippen LogP contribution in [0.2, 0.25) is 0 Å². The van der Waals surface area contributed by atoms with E-state index in [0.29, 0.717) is 23.9 Å². The van der Waals surface area contributed by atoms with Crippen LogP contribution in [0.25, 0.3) is 11.0 Å². The first-order chi connectivity index (χ1) is 15.6. The van der Waals surface area contributed by atoms with Crippen molar-refractivity contribution in [1.82, 2.24) is 14.9 Å². The summed E-state index contributed by atoms with van der Waals surface area (Å²) in [5.74, 6) is 2.16. The lowest BCUT2D eigenvalue weighted by atomic mass is 9.99. The van der Waals surface area contributed by atoms with E-state index in [0.717, 1.165) is 29.0 Å². The summed E-state index contributed by atoms with van der Waals surface area (Å²) >= 11 is 1.43. The van der Waals surface area contributed by atoms with Gasteiger partial charge in [-0.25, -0.2) is 4.98 Å². The molecule has 2 aromatic carbocycles. The fraction of sp³-hybridized carbons (Fsp3) is 0.308. The molecule has 166 valence electrons. The topological polar surface area (TPSA) is 56.1 Å². The van der Waals surface area contributed by atoms with Gasteiger partial charge in [0.05, 0.1) is 28.5 Å². The Morgan fingerprint density at radius 2 is 1.88 bits per heavy atom. The summed E-state index contributed by atoms with van der Waals surface area (Å²) in [6.45, 7) is 7.56. The summed E-state index contributed by atoms with van der Waals surface area (Å²) < 4.78 is 8.18. The number of thiophene rings is 1. The number of hydrogen-bond donors (Lipinski definition) is 1. The largest absolute Gasteiger partial charge is 0.492 e. The van der Waals surface area contributed by atoms with Crippen molar-refractivity contribution >= 4 is 28.3 Å². The molecule has 0 aliphatic carbocycles. The maximum absolute atomic E-state index is 12.5. The van der Waals surface area contributed by atoms with Crippen molar-refractivity contribution in [3.05, 3.63) is 82.3 Å². The average molecular weight is 448 g/mol. The van der Waals surface area contributed by atoms with Gasteiger partial charge in [0.1, 0.15) is 18.2 Å². The van der Waals surface area contributed by atoms with Crippen molar-refractivity contribution in [2.75, 3.05) is 6.61 Å². The van der Waals surface area contributed by atoms with E-state index in [9.17, 15) is 4.79 Å². The van der Waals surface area contributed by atoms with Crippen LogP contribution in [-0.4, -0.2) is 22.1 Å². The number of para-hydroxylation sites is 2. The first-order valence-corrected chi connectivity index (χ1v) is 12.0. The highest BCUT2D eigenvalue weighted by Crippen LogP contribution is 2.23. The average Bonchev–Trinajstić information content (AvgIpc) is 3.48. The molecule has 1 N–H and O–H groups in total.